The minimum absolute atomic E-state index is 0.0528. The molecule has 1 amide bonds. The van der Waals surface area contributed by atoms with Crippen LogP contribution in [0.4, 0.5) is 5.69 Å². The summed E-state index contributed by atoms with van der Waals surface area (Å²) in [7, 11) is 0. The van der Waals surface area contributed by atoms with E-state index in [1.54, 1.807) is 0 Å². The highest BCUT2D eigenvalue weighted by molar-refractivity contribution is 6.05. The van der Waals surface area contributed by atoms with Crippen LogP contribution in [0.25, 0.3) is 0 Å². The fourth-order valence-electron chi connectivity index (χ4n) is 2.64. The van der Waals surface area contributed by atoms with Gasteiger partial charge < -0.3 is 15.2 Å². The highest BCUT2D eigenvalue weighted by Crippen LogP contribution is 2.32. The number of benzene rings is 2. The second kappa shape index (κ2) is 7.30. The number of carboxylic acid groups (broad SMARTS) is 1. The number of hydrogen-bond donors (Lipinski definition) is 1. The van der Waals surface area contributed by atoms with Crippen LogP contribution in [-0.4, -0.2) is 11.9 Å². The maximum absolute atomic E-state index is 12.6. The molecule has 4 nitrogen and oxygen atoms in total. The fourth-order valence-corrected chi connectivity index (χ4v) is 2.64. The van der Waals surface area contributed by atoms with Crippen LogP contribution in [0.3, 0.4) is 0 Å². The summed E-state index contributed by atoms with van der Waals surface area (Å²) in [5, 5.41) is 13.8. The van der Waals surface area contributed by atoms with Crippen molar-refractivity contribution in [3.63, 3.8) is 0 Å². The van der Waals surface area contributed by atoms with Crippen molar-refractivity contribution >= 4 is 17.6 Å². The number of nitrogens with one attached hydrogen (secondary N) is 1. The molecule has 0 aliphatic carbocycles. The number of anilines is 1. The Balaban J connectivity index is 2.35. The zero-order valence-electron chi connectivity index (χ0n) is 14.4. The zero-order valence-corrected chi connectivity index (χ0v) is 14.4. The smallest absolute Gasteiger partial charge is 0.255 e. The van der Waals surface area contributed by atoms with Gasteiger partial charge in [0, 0.05) is 11.3 Å². The molecule has 126 valence electrons. The fraction of sp³-hybridized carbons (Fsp3) is 0.300. The minimum atomic E-state index is -1.26. The van der Waals surface area contributed by atoms with Gasteiger partial charge >= 0.3 is 0 Å². The average Bonchev–Trinajstić information content (AvgIpc) is 2.54. The lowest BCUT2D eigenvalue weighted by Crippen LogP contribution is -2.22. The number of aromatic carboxylic acids is 1. The van der Waals surface area contributed by atoms with Crippen LogP contribution in [0, 0.1) is 0 Å². The van der Waals surface area contributed by atoms with Gasteiger partial charge in [0.15, 0.2) is 0 Å². The van der Waals surface area contributed by atoms with Crippen molar-refractivity contribution < 1.29 is 14.7 Å². The van der Waals surface area contributed by atoms with Crippen molar-refractivity contribution in [2.45, 2.75) is 39.5 Å². The van der Waals surface area contributed by atoms with E-state index in [9.17, 15) is 14.7 Å². The number of hydrogen-bond acceptors (Lipinski definition) is 3. The van der Waals surface area contributed by atoms with E-state index in [0.717, 1.165) is 16.8 Å². The Morgan fingerprint density at radius 1 is 0.833 bits per heavy atom. The van der Waals surface area contributed by atoms with E-state index < -0.39 is 5.97 Å². The highest BCUT2D eigenvalue weighted by Gasteiger charge is 2.16. The number of amides is 1. The molecule has 0 aliphatic rings. The van der Waals surface area contributed by atoms with Gasteiger partial charge in [0.05, 0.1) is 5.97 Å². The first-order valence-electron chi connectivity index (χ1n) is 8.06. The average molecular weight is 324 g/mol. The van der Waals surface area contributed by atoms with Crippen LogP contribution in [0.1, 0.15) is 71.4 Å². The molecule has 2 rings (SSSR count). The van der Waals surface area contributed by atoms with Gasteiger partial charge in [-0.3, -0.25) is 4.79 Å². The number of para-hydroxylation sites is 1. The number of rotatable bonds is 5. The highest BCUT2D eigenvalue weighted by atomic mass is 16.4. The standard InChI is InChI=1S/C20H23NO3/c1-12(2)16-6-5-7-17(13(3)4)18(16)21-19(22)14-8-10-15(11-9-14)20(23)24/h5-13H,1-4H3,(H,21,22)(H,23,24)/p-1. The van der Waals surface area contributed by atoms with Crippen LogP contribution in [0.2, 0.25) is 0 Å². The lowest BCUT2D eigenvalue weighted by Gasteiger charge is -2.20. The first kappa shape index (κ1) is 17.7. The van der Waals surface area contributed by atoms with Crippen molar-refractivity contribution in [3.05, 3.63) is 64.7 Å². The summed E-state index contributed by atoms with van der Waals surface area (Å²) < 4.78 is 0. The third-order valence-electron chi connectivity index (χ3n) is 3.99. The molecule has 0 bridgehead atoms. The zero-order chi connectivity index (χ0) is 17.9. The van der Waals surface area contributed by atoms with E-state index >= 15 is 0 Å². The molecule has 0 aliphatic heterocycles. The van der Waals surface area contributed by atoms with E-state index in [0.29, 0.717) is 5.56 Å². The first-order chi connectivity index (χ1) is 11.3. The predicted molar refractivity (Wildman–Crippen MR) is 93.3 cm³/mol. The van der Waals surface area contributed by atoms with Crippen LogP contribution < -0.4 is 10.4 Å². The molecule has 0 saturated carbocycles. The second-order valence-corrected chi connectivity index (χ2v) is 6.44. The quantitative estimate of drug-likeness (QED) is 0.914. The summed E-state index contributed by atoms with van der Waals surface area (Å²) in [6, 6.07) is 11.8. The van der Waals surface area contributed by atoms with Crippen LogP contribution in [-0.2, 0) is 0 Å². The van der Waals surface area contributed by atoms with Crippen molar-refractivity contribution in [1.29, 1.82) is 0 Å². The molecule has 0 saturated heterocycles. The van der Waals surface area contributed by atoms with Gasteiger partial charge in [-0.25, -0.2) is 0 Å². The summed E-state index contributed by atoms with van der Waals surface area (Å²) in [5.41, 5.74) is 3.48. The lowest BCUT2D eigenvalue weighted by atomic mass is 9.92. The minimum Gasteiger partial charge on any atom is -0.545 e. The maximum atomic E-state index is 12.6. The van der Waals surface area contributed by atoms with E-state index in [-0.39, 0.29) is 23.3 Å². The molecular formula is C20H22NO3-. The Bertz CT molecular complexity index is 720. The second-order valence-electron chi connectivity index (χ2n) is 6.44. The third-order valence-corrected chi connectivity index (χ3v) is 3.99. The number of carbonyl (C=O) groups excluding carboxylic acids is 2. The monoisotopic (exact) mass is 324 g/mol. The molecule has 0 radical (unpaired) electrons. The van der Waals surface area contributed by atoms with Gasteiger partial charge in [0.2, 0.25) is 0 Å². The number of carbonyl (C=O) groups is 2. The molecule has 0 fully saturated rings. The van der Waals surface area contributed by atoms with Crippen molar-refractivity contribution in [3.8, 4) is 0 Å². The Kier molecular flexibility index (Phi) is 5.39. The van der Waals surface area contributed by atoms with Crippen LogP contribution in [0.5, 0.6) is 0 Å². The van der Waals surface area contributed by atoms with Gasteiger partial charge in [-0.1, -0.05) is 58.0 Å². The Morgan fingerprint density at radius 3 is 1.71 bits per heavy atom. The molecule has 2 aromatic rings. The van der Waals surface area contributed by atoms with Gasteiger partial charge in [-0.2, -0.15) is 0 Å². The predicted octanol–water partition coefficient (Wildman–Crippen LogP) is 3.55. The number of carboxylic acids is 1. The molecule has 0 heterocycles. The molecule has 0 spiro atoms. The molecule has 24 heavy (non-hydrogen) atoms. The molecule has 0 atom stereocenters. The van der Waals surface area contributed by atoms with E-state index in [2.05, 4.69) is 33.0 Å². The largest absolute Gasteiger partial charge is 0.545 e. The normalized spacial score (nSPS) is 10.9. The van der Waals surface area contributed by atoms with Gasteiger partial charge in [-0.05, 0) is 40.7 Å². The Labute approximate surface area is 142 Å². The van der Waals surface area contributed by atoms with Crippen molar-refractivity contribution in [2.24, 2.45) is 0 Å². The van der Waals surface area contributed by atoms with Crippen LogP contribution >= 0.6 is 0 Å². The summed E-state index contributed by atoms with van der Waals surface area (Å²) in [5.74, 6) is -0.956. The van der Waals surface area contributed by atoms with Gasteiger partial charge in [-0.15, -0.1) is 0 Å². The third kappa shape index (κ3) is 3.82. The first-order valence-corrected chi connectivity index (χ1v) is 8.06. The lowest BCUT2D eigenvalue weighted by molar-refractivity contribution is -0.255. The van der Waals surface area contributed by atoms with Gasteiger partial charge in [0.1, 0.15) is 0 Å². The molecule has 1 N–H and O–H groups in total. The summed E-state index contributed by atoms with van der Waals surface area (Å²) in [6.07, 6.45) is 0. The van der Waals surface area contributed by atoms with E-state index in [4.69, 9.17) is 0 Å². The Hall–Kier alpha value is -2.62. The summed E-state index contributed by atoms with van der Waals surface area (Å²) in [6.45, 7) is 8.35. The van der Waals surface area contributed by atoms with Gasteiger partial charge in [0.25, 0.3) is 5.91 Å². The molecule has 4 heteroatoms. The topological polar surface area (TPSA) is 69.2 Å². The maximum Gasteiger partial charge on any atom is 0.255 e. The summed E-state index contributed by atoms with van der Waals surface area (Å²) >= 11 is 0. The molecular weight excluding hydrogens is 302 g/mol. The molecule has 2 aromatic carbocycles. The SMILES string of the molecule is CC(C)c1cccc(C(C)C)c1NC(=O)c1ccc(C(=O)[O-])cc1. The molecule has 0 aromatic heterocycles. The molecule has 0 unspecified atom stereocenters. The Morgan fingerprint density at radius 2 is 1.29 bits per heavy atom. The van der Waals surface area contributed by atoms with Crippen LogP contribution in [0.15, 0.2) is 42.5 Å². The van der Waals surface area contributed by atoms with Crippen molar-refractivity contribution in [1.82, 2.24) is 0 Å². The van der Waals surface area contributed by atoms with E-state index in [1.165, 1.54) is 24.3 Å². The van der Waals surface area contributed by atoms with Crippen molar-refractivity contribution in [2.75, 3.05) is 5.32 Å². The summed E-state index contributed by atoms with van der Waals surface area (Å²) in [4.78, 5) is 23.4. The van der Waals surface area contributed by atoms with E-state index in [1.807, 2.05) is 18.2 Å².